The van der Waals surface area contributed by atoms with E-state index in [1.165, 1.54) is 0 Å². The Hall–Kier alpha value is -1.08. The molecule has 0 saturated carbocycles. The zero-order chi connectivity index (χ0) is 10.1. The highest BCUT2D eigenvalue weighted by Crippen LogP contribution is 2.14. The number of nitrogens with zero attached hydrogens (tertiary/aromatic N) is 1. The molecule has 1 aliphatic rings. The van der Waals surface area contributed by atoms with Crippen LogP contribution in [0.5, 0.6) is 0 Å². The van der Waals surface area contributed by atoms with E-state index in [1.807, 2.05) is 6.07 Å². The van der Waals surface area contributed by atoms with Crippen LogP contribution in [0, 0.1) is 17.2 Å². The summed E-state index contributed by atoms with van der Waals surface area (Å²) >= 11 is 0. The van der Waals surface area contributed by atoms with Gasteiger partial charge in [0.25, 0.3) is 0 Å². The van der Waals surface area contributed by atoms with Crippen LogP contribution in [-0.4, -0.2) is 18.4 Å². The third-order valence-electron chi connectivity index (χ3n) is 1.64. The van der Waals surface area contributed by atoms with Crippen LogP contribution < -0.4 is 11.1 Å². The number of rotatable bonds is 2. The predicted octanol–water partition coefficient (Wildman–Crippen LogP) is -0.637. The smallest absolute Gasteiger partial charge is 0.223 e. The van der Waals surface area contributed by atoms with Crippen LogP contribution in [0.15, 0.2) is 0 Å². The summed E-state index contributed by atoms with van der Waals surface area (Å²) < 4.78 is 14.5. The van der Waals surface area contributed by atoms with E-state index in [0.717, 1.165) is 0 Å². The number of nitrogens with one attached hydrogen (secondary N) is 1. The van der Waals surface area contributed by atoms with Crippen molar-refractivity contribution in [3.05, 3.63) is 0 Å². The lowest BCUT2D eigenvalue weighted by Crippen LogP contribution is -2.26. The Labute approximate surface area is 68.2 Å². The van der Waals surface area contributed by atoms with Crippen molar-refractivity contribution in [1.29, 1.82) is 5.26 Å². The Morgan fingerprint density at radius 2 is 2.82 bits per heavy atom. The summed E-state index contributed by atoms with van der Waals surface area (Å²) in [5.74, 6) is -0.819. The molecule has 0 spiro atoms. The molecule has 4 heteroatoms. The molecule has 0 aliphatic carbocycles. The van der Waals surface area contributed by atoms with Crippen LogP contribution in [0.4, 0.5) is 0 Å². The number of amides is 1. The number of nitriles is 1. The van der Waals surface area contributed by atoms with Crippen molar-refractivity contribution in [2.45, 2.75) is 18.9 Å². The van der Waals surface area contributed by atoms with Gasteiger partial charge in [0.05, 0.1) is 12.1 Å². The highest BCUT2D eigenvalue weighted by molar-refractivity contribution is 5.80. The monoisotopic (exact) mass is 155 g/mol. The number of carbonyl (C=O) groups excluding carboxylic acids is 1. The van der Waals surface area contributed by atoms with Gasteiger partial charge < -0.3 is 11.1 Å². The number of carbonyl (C=O) groups is 1. The summed E-state index contributed by atoms with van der Waals surface area (Å²) in [6.45, 7) is -1.64. The first-order chi connectivity index (χ1) is 5.94. The maximum Gasteiger partial charge on any atom is 0.223 e. The molecule has 1 aliphatic heterocycles. The van der Waals surface area contributed by atoms with Gasteiger partial charge in [-0.15, -0.1) is 0 Å². The quantitative estimate of drug-likeness (QED) is 0.557. The zero-order valence-electron chi connectivity index (χ0n) is 8.00. The second kappa shape index (κ2) is 3.35. The Bertz CT molecular complexity index is 261. The molecule has 1 saturated heterocycles. The Balaban J connectivity index is 2.55. The van der Waals surface area contributed by atoms with E-state index in [4.69, 9.17) is 13.7 Å². The lowest BCUT2D eigenvalue weighted by atomic mass is 10.00. The van der Waals surface area contributed by atoms with Gasteiger partial charge >= 0.3 is 0 Å². The van der Waals surface area contributed by atoms with Crippen molar-refractivity contribution in [2.75, 3.05) is 6.50 Å². The molecule has 2 atom stereocenters. The van der Waals surface area contributed by atoms with E-state index in [2.05, 4.69) is 5.32 Å². The first-order valence-electron chi connectivity index (χ1n) is 4.42. The minimum absolute atomic E-state index is 0.0984. The van der Waals surface area contributed by atoms with Crippen molar-refractivity contribution in [3.8, 4) is 6.07 Å². The van der Waals surface area contributed by atoms with E-state index in [9.17, 15) is 4.79 Å². The third-order valence-corrected chi connectivity index (χ3v) is 1.64. The molecule has 0 bridgehead atoms. The molecule has 60 valence electrons. The number of hydrogen-bond donors (Lipinski definition) is 2. The van der Waals surface area contributed by atoms with Crippen molar-refractivity contribution in [1.82, 2.24) is 5.32 Å². The second-order valence-corrected chi connectivity index (χ2v) is 2.54. The molecule has 3 N–H and O–H groups in total. The van der Waals surface area contributed by atoms with Gasteiger partial charge in [0.2, 0.25) is 5.91 Å². The molecular weight excluding hydrogens is 142 g/mol. The molecule has 1 fully saturated rings. The van der Waals surface area contributed by atoms with Crippen LogP contribution in [-0.2, 0) is 4.79 Å². The summed E-state index contributed by atoms with van der Waals surface area (Å²) in [5.41, 5.74) is 5.34. The van der Waals surface area contributed by atoms with E-state index in [1.54, 1.807) is 0 Å². The molecule has 0 aromatic heterocycles. The van der Waals surface area contributed by atoms with Gasteiger partial charge in [0.1, 0.15) is 0 Å². The summed E-state index contributed by atoms with van der Waals surface area (Å²) in [6.07, 6.45) is 0.322. The third kappa shape index (κ3) is 1.92. The molecule has 1 heterocycles. The summed E-state index contributed by atoms with van der Waals surface area (Å²) in [4.78, 5) is 11.1. The fraction of sp³-hybridized carbons (Fsp3) is 0.714. The molecule has 4 nitrogen and oxygen atoms in total. The Kier molecular flexibility index (Phi) is 1.69. The van der Waals surface area contributed by atoms with E-state index < -0.39 is 18.5 Å². The molecule has 0 unspecified atom stereocenters. The van der Waals surface area contributed by atoms with Crippen LogP contribution in [0.3, 0.4) is 0 Å². The molecule has 0 aromatic rings. The van der Waals surface area contributed by atoms with Crippen LogP contribution in [0.25, 0.3) is 0 Å². The maximum absolute atomic E-state index is 11.1. The molecule has 1 rings (SSSR count). The first-order valence-corrected chi connectivity index (χ1v) is 3.42. The lowest BCUT2D eigenvalue weighted by Gasteiger charge is -2.06. The van der Waals surface area contributed by atoms with Crippen LogP contribution in [0.2, 0.25) is 0 Å². The fourth-order valence-corrected chi connectivity index (χ4v) is 1.01. The zero-order valence-corrected chi connectivity index (χ0v) is 6.00. The largest absolute Gasteiger partial charge is 0.356 e. The highest BCUT2D eigenvalue weighted by Gasteiger charge is 2.25. The van der Waals surface area contributed by atoms with Crippen LogP contribution >= 0.6 is 0 Å². The normalized spacial score (nSPS) is 33.1. The molecule has 1 amide bonds. The minimum atomic E-state index is -1.64. The summed E-state index contributed by atoms with van der Waals surface area (Å²) in [6, 6.07) is 1.12. The van der Waals surface area contributed by atoms with Crippen molar-refractivity contribution in [3.63, 3.8) is 0 Å². The Morgan fingerprint density at radius 1 is 2.09 bits per heavy atom. The summed E-state index contributed by atoms with van der Waals surface area (Å²) in [7, 11) is 0. The van der Waals surface area contributed by atoms with Crippen LogP contribution in [0.1, 0.15) is 15.6 Å². The summed E-state index contributed by atoms with van der Waals surface area (Å²) in [5, 5.41) is 10.6. The molecule has 0 aromatic carbocycles. The van der Waals surface area contributed by atoms with Gasteiger partial charge in [-0.25, -0.2) is 0 Å². The molecular formula is C7H11N3O. The van der Waals surface area contributed by atoms with Gasteiger partial charge in [0.15, 0.2) is 0 Å². The molecule has 11 heavy (non-hydrogen) atoms. The first kappa shape index (κ1) is 5.56. The number of hydrogen-bond acceptors (Lipinski definition) is 3. The van der Waals surface area contributed by atoms with E-state index in [0.29, 0.717) is 0 Å². The average molecular weight is 155 g/mol. The van der Waals surface area contributed by atoms with E-state index >= 15 is 0 Å². The molecule has 0 radical (unpaired) electrons. The minimum Gasteiger partial charge on any atom is -0.356 e. The van der Waals surface area contributed by atoms with E-state index in [-0.39, 0.29) is 18.7 Å². The van der Waals surface area contributed by atoms with Crippen molar-refractivity contribution in [2.24, 2.45) is 11.7 Å². The van der Waals surface area contributed by atoms with Gasteiger partial charge in [-0.3, -0.25) is 4.79 Å². The lowest BCUT2D eigenvalue weighted by molar-refractivity contribution is -0.122. The van der Waals surface area contributed by atoms with Gasteiger partial charge in [-0.05, 0) is 12.8 Å². The van der Waals surface area contributed by atoms with Crippen molar-refractivity contribution < 1.29 is 7.54 Å². The number of nitrogens with two attached hydrogens (primary N) is 1. The maximum atomic E-state index is 11.1. The fourth-order valence-electron chi connectivity index (χ4n) is 1.01. The highest BCUT2D eigenvalue weighted by atomic mass is 16.2. The Morgan fingerprint density at radius 3 is 3.27 bits per heavy atom. The standard InChI is InChI=1S/C7H11N3O/c8-4-6(9)3-5-1-2-10-7(5)11/h5-6H,1-3,9H2,(H,10,11)/t5-,6-/m0/s1/i2D2. The topological polar surface area (TPSA) is 78.9 Å². The predicted molar refractivity (Wildman–Crippen MR) is 39.3 cm³/mol. The van der Waals surface area contributed by atoms with Gasteiger partial charge in [0, 0.05) is 15.2 Å². The van der Waals surface area contributed by atoms with Gasteiger partial charge in [-0.2, -0.15) is 5.26 Å². The van der Waals surface area contributed by atoms with Crippen molar-refractivity contribution >= 4 is 5.91 Å². The SMILES string of the molecule is [2H]C1([2H])C[C@@H](C[C@H](N)C#N)C(=O)N1. The average Bonchev–Trinajstić information content (AvgIpc) is 2.24. The van der Waals surface area contributed by atoms with Gasteiger partial charge in [-0.1, -0.05) is 0 Å². The second-order valence-electron chi connectivity index (χ2n) is 2.54.